The summed E-state index contributed by atoms with van der Waals surface area (Å²) in [5.74, 6) is 0.00688. The maximum Gasteiger partial charge on any atom is 0.253 e. The normalized spacial score (nSPS) is 21.3. The second-order valence-electron chi connectivity index (χ2n) is 9.81. The van der Waals surface area contributed by atoms with Crippen LogP contribution in [0.2, 0.25) is 0 Å². The molecule has 1 aromatic carbocycles. The van der Waals surface area contributed by atoms with E-state index in [0.29, 0.717) is 35.7 Å². The van der Waals surface area contributed by atoms with Gasteiger partial charge in [0.25, 0.3) is 5.91 Å². The number of amidine groups is 1. The van der Waals surface area contributed by atoms with Crippen LogP contribution < -0.4 is 21.1 Å². The molecule has 3 aromatic rings. The quantitative estimate of drug-likeness (QED) is 0.246. The van der Waals surface area contributed by atoms with Gasteiger partial charge in [-0.15, -0.1) is 11.3 Å². The molecule has 5 N–H and O–H groups in total. The van der Waals surface area contributed by atoms with Gasteiger partial charge in [-0.3, -0.25) is 19.8 Å². The summed E-state index contributed by atoms with van der Waals surface area (Å²) in [6.07, 6.45) is 2.82. The molecule has 2 fully saturated rings. The Hall–Kier alpha value is -4.25. The number of para-hydroxylation sites is 1. The second kappa shape index (κ2) is 10.3. The standard InChI is InChI=1S/C27H28N6O4S/c1-27-10-20(26(36)31-13-19-9-17(15-38-19)24(28)29)33(21(27)11-27)23(34)14-32-25(35)16-7-8-22(30-12-16)37-18-5-3-2-4-6-18/h2-9,12,15,20-21H,10-11,13-14H2,1H3,(H3,28,29)(H,31,36)(H,32,35)/t20-,21-,27+/m0/s1. The number of amides is 3. The van der Waals surface area contributed by atoms with Crippen LogP contribution in [-0.4, -0.2) is 52.1 Å². The van der Waals surface area contributed by atoms with Crippen molar-refractivity contribution < 1.29 is 19.1 Å². The number of hydrogen-bond acceptors (Lipinski definition) is 7. The summed E-state index contributed by atoms with van der Waals surface area (Å²) in [5.41, 5.74) is 6.35. The number of likely N-dealkylation sites (tertiary alicyclic amines) is 1. The van der Waals surface area contributed by atoms with Gasteiger partial charge in [0.05, 0.1) is 18.7 Å². The molecule has 1 saturated heterocycles. The summed E-state index contributed by atoms with van der Waals surface area (Å²) < 4.78 is 5.64. The number of aromatic nitrogens is 1. The van der Waals surface area contributed by atoms with Crippen molar-refractivity contribution >= 4 is 34.9 Å². The van der Waals surface area contributed by atoms with E-state index >= 15 is 0 Å². The number of nitrogens with two attached hydrogens (primary N) is 1. The molecule has 0 bridgehead atoms. The van der Waals surface area contributed by atoms with Crippen molar-refractivity contribution in [1.82, 2.24) is 20.5 Å². The Morgan fingerprint density at radius 1 is 1.16 bits per heavy atom. The summed E-state index contributed by atoms with van der Waals surface area (Å²) in [6.45, 7) is 2.15. The number of rotatable bonds is 9. The fourth-order valence-corrected chi connectivity index (χ4v) is 5.62. The van der Waals surface area contributed by atoms with Gasteiger partial charge in [0, 0.05) is 34.1 Å². The van der Waals surface area contributed by atoms with E-state index in [1.54, 1.807) is 40.6 Å². The minimum atomic E-state index is -0.591. The highest BCUT2D eigenvalue weighted by Crippen LogP contribution is 2.59. The second-order valence-corrected chi connectivity index (χ2v) is 10.8. The molecule has 3 amide bonds. The molecule has 38 heavy (non-hydrogen) atoms. The van der Waals surface area contributed by atoms with Gasteiger partial charge >= 0.3 is 0 Å². The molecule has 0 unspecified atom stereocenters. The average Bonchev–Trinajstić information content (AvgIpc) is 3.23. The average molecular weight is 533 g/mol. The molecular formula is C27H28N6O4S. The fraction of sp³-hybridized carbons (Fsp3) is 0.296. The van der Waals surface area contributed by atoms with E-state index in [0.717, 1.165) is 11.3 Å². The molecule has 11 heteroatoms. The summed E-state index contributed by atoms with van der Waals surface area (Å²) >= 11 is 1.41. The summed E-state index contributed by atoms with van der Waals surface area (Å²) in [4.78, 5) is 45.5. The number of carbonyl (C=O) groups is 3. The number of nitrogens with one attached hydrogen (secondary N) is 3. The monoisotopic (exact) mass is 532 g/mol. The molecule has 0 spiro atoms. The first-order chi connectivity index (χ1) is 18.2. The molecule has 1 aliphatic heterocycles. The molecule has 5 rings (SSSR count). The van der Waals surface area contributed by atoms with Crippen molar-refractivity contribution in [2.75, 3.05) is 6.54 Å². The topological polar surface area (TPSA) is 150 Å². The van der Waals surface area contributed by atoms with Gasteiger partial charge in [-0.25, -0.2) is 4.98 Å². The van der Waals surface area contributed by atoms with E-state index in [1.807, 2.05) is 18.2 Å². The zero-order chi connectivity index (χ0) is 26.9. The highest BCUT2D eigenvalue weighted by Gasteiger charge is 2.64. The van der Waals surface area contributed by atoms with Crippen molar-refractivity contribution in [3.63, 3.8) is 0 Å². The van der Waals surface area contributed by atoms with Crippen LogP contribution in [0.4, 0.5) is 0 Å². The summed E-state index contributed by atoms with van der Waals surface area (Å²) in [7, 11) is 0. The van der Waals surface area contributed by atoms with Crippen LogP contribution in [0.15, 0.2) is 60.1 Å². The van der Waals surface area contributed by atoms with E-state index in [9.17, 15) is 14.4 Å². The molecule has 0 radical (unpaired) electrons. The van der Waals surface area contributed by atoms with Gasteiger partial charge in [-0.1, -0.05) is 25.1 Å². The van der Waals surface area contributed by atoms with Crippen molar-refractivity contribution in [3.05, 3.63) is 76.1 Å². The number of nitrogens with zero attached hydrogens (tertiary/aromatic N) is 2. The van der Waals surface area contributed by atoms with E-state index in [-0.39, 0.29) is 35.7 Å². The minimum absolute atomic E-state index is 0.00945. The predicted octanol–water partition coefficient (Wildman–Crippen LogP) is 2.65. The minimum Gasteiger partial charge on any atom is -0.439 e. The Bertz CT molecular complexity index is 1380. The molecule has 3 heterocycles. The Morgan fingerprint density at radius 3 is 2.63 bits per heavy atom. The van der Waals surface area contributed by atoms with Crippen LogP contribution in [0.25, 0.3) is 0 Å². The summed E-state index contributed by atoms with van der Waals surface area (Å²) in [5, 5.41) is 14.8. The molecule has 3 atom stereocenters. The Balaban J connectivity index is 1.16. The van der Waals surface area contributed by atoms with Crippen molar-refractivity contribution in [2.45, 2.75) is 38.4 Å². The number of pyridine rings is 1. The van der Waals surface area contributed by atoms with E-state index in [4.69, 9.17) is 15.9 Å². The van der Waals surface area contributed by atoms with E-state index in [1.165, 1.54) is 17.5 Å². The lowest BCUT2D eigenvalue weighted by Gasteiger charge is -2.27. The van der Waals surface area contributed by atoms with Crippen LogP contribution in [0.1, 0.15) is 40.6 Å². The predicted molar refractivity (Wildman–Crippen MR) is 142 cm³/mol. The first-order valence-corrected chi connectivity index (χ1v) is 13.1. The first kappa shape index (κ1) is 25.4. The molecule has 10 nitrogen and oxygen atoms in total. The van der Waals surface area contributed by atoms with Gasteiger partial charge in [-0.05, 0) is 42.5 Å². The largest absolute Gasteiger partial charge is 0.439 e. The molecule has 196 valence electrons. The zero-order valence-electron chi connectivity index (χ0n) is 20.8. The third kappa shape index (κ3) is 5.37. The van der Waals surface area contributed by atoms with Crippen LogP contribution in [0, 0.1) is 10.8 Å². The van der Waals surface area contributed by atoms with Crippen LogP contribution in [-0.2, 0) is 16.1 Å². The van der Waals surface area contributed by atoms with Crippen LogP contribution in [0.3, 0.4) is 0 Å². The van der Waals surface area contributed by atoms with Crippen molar-refractivity contribution in [1.29, 1.82) is 5.41 Å². The Morgan fingerprint density at radius 2 is 1.95 bits per heavy atom. The third-order valence-electron chi connectivity index (χ3n) is 6.99. The van der Waals surface area contributed by atoms with Gasteiger partial charge in [0.1, 0.15) is 17.6 Å². The molecule has 1 saturated carbocycles. The van der Waals surface area contributed by atoms with Gasteiger partial charge in [0.2, 0.25) is 17.7 Å². The van der Waals surface area contributed by atoms with Crippen molar-refractivity contribution in [2.24, 2.45) is 11.1 Å². The maximum atomic E-state index is 13.1. The third-order valence-corrected chi connectivity index (χ3v) is 7.93. The van der Waals surface area contributed by atoms with Gasteiger partial charge < -0.3 is 26.0 Å². The molecule has 1 aliphatic carbocycles. The lowest BCUT2D eigenvalue weighted by atomic mass is 10.0. The maximum absolute atomic E-state index is 13.1. The molecule has 2 aliphatic rings. The zero-order valence-corrected chi connectivity index (χ0v) is 21.6. The number of ether oxygens (including phenoxy) is 1. The number of thiophene rings is 1. The lowest BCUT2D eigenvalue weighted by molar-refractivity contribution is -0.139. The number of hydrogen-bond donors (Lipinski definition) is 4. The van der Waals surface area contributed by atoms with E-state index < -0.39 is 11.9 Å². The van der Waals surface area contributed by atoms with Crippen molar-refractivity contribution in [3.8, 4) is 11.6 Å². The summed E-state index contributed by atoms with van der Waals surface area (Å²) in [6, 6.07) is 13.5. The number of fused-ring (bicyclic) bond motifs is 1. The number of piperidine rings is 1. The molecular weight excluding hydrogens is 504 g/mol. The highest BCUT2D eigenvalue weighted by atomic mass is 32.1. The number of benzene rings is 1. The SMILES string of the molecule is C[C@@]12C[C@@H]1N(C(=O)CNC(=O)c1ccc(Oc3ccccc3)nc1)[C@H](C(=O)NCc1cc(C(=N)N)cs1)C2. The highest BCUT2D eigenvalue weighted by molar-refractivity contribution is 7.10. The Labute approximate surface area is 223 Å². The van der Waals surface area contributed by atoms with Crippen LogP contribution >= 0.6 is 11.3 Å². The van der Waals surface area contributed by atoms with E-state index in [2.05, 4.69) is 22.5 Å². The molecule has 2 aromatic heterocycles. The number of carbonyl (C=O) groups excluding carboxylic acids is 3. The van der Waals surface area contributed by atoms with Crippen LogP contribution in [0.5, 0.6) is 11.6 Å². The first-order valence-electron chi connectivity index (χ1n) is 12.2. The van der Waals surface area contributed by atoms with Gasteiger partial charge in [-0.2, -0.15) is 0 Å². The smallest absolute Gasteiger partial charge is 0.253 e. The Kier molecular flexibility index (Phi) is 6.85. The fourth-order valence-electron chi connectivity index (χ4n) is 4.80. The number of nitrogen functional groups attached to an aromatic ring is 1. The lowest BCUT2D eigenvalue weighted by Crippen LogP contribution is -2.50. The van der Waals surface area contributed by atoms with Gasteiger partial charge in [0.15, 0.2) is 0 Å².